The van der Waals surface area contributed by atoms with Gasteiger partial charge in [-0.2, -0.15) is 5.10 Å². The van der Waals surface area contributed by atoms with Crippen LogP contribution in [-0.2, 0) is 7.05 Å². The molecule has 2 N–H and O–H groups in total. The average Bonchev–Trinajstić information content (AvgIpc) is 2.45. The van der Waals surface area contributed by atoms with Gasteiger partial charge in [-0.05, 0) is 13.0 Å². The van der Waals surface area contributed by atoms with Crippen molar-refractivity contribution in [1.29, 1.82) is 0 Å². The van der Waals surface area contributed by atoms with Gasteiger partial charge in [0, 0.05) is 18.8 Å². The molecule has 6 nitrogen and oxygen atoms in total. The fourth-order valence-electron chi connectivity index (χ4n) is 1.30. The summed E-state index contributed by atoms with van der Waals surface area (Å²) in [7, 11) is 1.80. The lowest BCUT2D eigenvalue weighted by molar-refractivity contribution is 0.741. The van der Waals surface area contributed by atoms with E-state index < -0.39 is 11.2 Å². The normalized spacial score (nSPS) is 10.5. The molecule has 0 aliphatic carbocycles. The van der Waals surface area contributed by atoms with E-state index in [0.717, 1.165) is 5.69 Å². The summed E-state index contributed by atoms with van der Waals surface area (Å²) < 4.78 is 1.68. The summed E-state index contributed by atoms with van der Waals surface area (Å²) in [6, 6.07) is 3.11. The van der Waals surface area contributed by atoms with Crippen LogP contribution >= 0.6 is 0 Å². The Morgan fingerprint density at radius 2 is 2.00 bits per heavy atom. The fourth-order valence-corrected chi connectivity index (χ4v) is 1.30. The van der Waals surface area contributed by atoms with Crippen LogP contribution in [0, 0.1) is 6.92 Å². The number of aromatic amines is 2. The number of H-pyrrole nitrogens is 2. The molecular weight excluding hydrogens is 196 g/mol. The summed E-state index contributed by atoms with van der Waals surface area (Å²) in [5.41, 5.74) is 0.995. The van der Waals surface area contributed by atoms with Crippen LogP contribution < -0.4 is 11.2 Å². The minimum absolute atomic E-state index is 0.424. The lowest BCUT2D eigenvalue weighted by atomic mass is 10.3. The highest BCUT2D eigenvalue weighted by molar-refractivity contribution is 5.53. The van der Waals surface area contributed by atoms with Crippen molar-refractivity contribution >= 4 is 0 Å². The minimum Gasteiger partial charge on any atom is -0.305 e. The molecule has 2 aromatic heterocycles. The second-order valence-corrected chi connectivity index (χ2v) is 3.30. The molecule has 0 amide bonds. The maximum atomic E-state index is 11.1. The molecule has 2 aromatic rings. The molecule has 78 valence electrons. The lowest BCUT2D eigenvalue weighted by Gasteiger charge is -1.93. The SMILES string of the molecule is Cc1cc(-c2cc(=O)[nH]c(=O)[nH]2)nn1C. The first kappa shape index (κ1) is 9.45. The zero-order valence-corrected chi connectivity index (χ0v) is 8.37. The van der Waals surface area contributed by atoms with Crippen molar-refractivity contribution in [3.05, 3.63) is 38.7 Å². The molecule has 2 heterocycles. The van der Waals surface area contributed by atoms with Crippen LogP contribution in [0.25, 0.3) is 11.4 Å². The third kappa shape index (κ3) is 1.74. The Hall–Kier alpha value is -2.11. The largest absolute Gasteiger partial charge is 0.326 e. The van der Waals surface area contributed by atoms with Gasteiger partial charge in [0.2, 0.25) is 0 Å². The number of nitrogens with one attached hydrogen (secondary N) is 2. The number of aromatic nitrogens is 4. The van der Waals surface area contributed by atoms with Crippen molar-refractivity contribution in [2.75, 3.05) is 0 Å². The van der Waals surface area contributed by atoms with E-state index in [1.54, 1.807) is 17.8 Å². The standard InChI is InChI=1S/C9H10N4O2/c1-5-3-7(12-13(5)2)6-4-8(14)11-9(15)10-6/h3-4H,1-2H3,(H2,10,11,14,15). The van der Waals surface area contributed by atoms with Crippen molar-refractivity contribution in [1.82, 2.24) is 19.7 Å². The topological polar surface area (TPSA) is 83.5 Å². The van der Waals surface area contributed by atoms with E-state index in [2.05, 4.69) is 15.1 Å². The van der Waals surface area contributed by atoms with Crippen molar-refractivity contribution in [3.8, 4) is 11.4 Å². The highest BCUT2D eigenvalue weighted by Gasteiger charge is 2.05. The third-order valence-corrected chi connectivity index (χ3v) is 2.15. The van der Waals surface area contributed by atoms with Crippen molar-refractivity contribution in [2.45, 2.75) is 6.92 Å². The summed E-state index contributed by atoms with van der Waals surface area (Å²) >= 11 is 0. The first-order valence-electron chi connectivity index (χ1n) is 4.41. The van der Waals surface area contributed by atoms with Gasteiger partial charge in [-0.25, -0.2) is 4.79 Å². The highest BCUT2D eigenvalue weighted by Crippen LogP contribution is 2.12. The molecule has 0 aromatic carbocycles. The van der Waals surface area contributed by atoms with Crippen LogP contribution in [0.5, 0.6) is 0 Å². The molecule has 2 rings (SSSR count). The Morgan fingerprint density at radius 3 is 2.53 bits per heavy atom. The zero-order valence-electron chi connectivity index (χ0n) is 8.37. The van der Waals surface area contributed by atoms with E-state index in [-0.39, 0.29) is 0 Å². The molecule has 0 spiro atoms. The van der Waals surface area contributed by atoms with Gasteiger partial charge in [-0.15, -0.1) is 0 Å². The van der Waals surface area contributed by atoms with Crippen LogP contribution in [-0.4, -0.2) is 19.7 Å². The van der Waals surface area contributed by atoms with Gasteiger partial charge < -0.3 is 4.98 Å². The van der Waals surface area contributed by atoms with E-state index in [1.807, 2.05) is 6.92 Å². The molecule has 0 unspecified atom stereocenters. The summed E-state index contributed by atoms with van der Waals surface area (Å²) in [6.45, 7) is 1.89. The summed E-state index contributed by atoms with van der Waals surface area (Å²) in [5.74, 6) is 0. The first-order valence-corrected chi connectivity index (χ1v) is 4.41. The van der Waals surface area contributed by atoms with E-state index in [0.29, 0.717) is 11.4 Å². The molecule has 0 bridgehead atoms. The number of rotatable bonds is 1. The van der Waals surface area contributed by atoms with Gasteiger partial charge in [0.1, 0.15) is 5.69 Å². The van der Waals surface area contributed by atoms with Gasteiger partial charge in [0.05, 0.1) is 5.69 Å². The van der Waals surface area contributed by atoms with E-state index >= 15 is 0 Å². The lowest BCUT2D eigenvalue weighted by Crippen LogP contribution is -2.21. The van der Waals surface area contributed by atoms with Gasteiger partial charge in [-0.1, -0.05) is 0 Å². The second kappa shape index (κ2) is 3.23. The molecular formula is C9H10N4O2. The molecule has 0 atom stereocenters. The van der Waals surface area contributed by atoms with Crippen LogP contribution in [0.15, 0.2) is 21.7 Å². The first-order chi connectivity index (χ1) is 7.06. The number of aryl methyl sites for hydroxylation is 2. The molecule has 0 fully saturated rings. The summed E-state index contributed by atoms with van der Waals surface area (Å²) in [4.78, 5) is 26.7. The summed E-state index contributed by atoms with van der Waals surface area (Å²) in [5, 5.41) is 4.16. The van der Waals surface area contributed by atoms with E-state index in [1.165, 1.54) is 6.07 Å². The van der Waals surface area contributed by atoms with Crippen LogP contribution in [0.1, 0.15) is 5.69 Å². The maximum Gasteiger partial charge on any atom is 0.326 e. The molecule has 0 saturated heterocycles. The van der Waals surface area contributed by atoms with E-state index in [4.69, 9.17) is 0 Å². The molecule has 0 aliphatic rings. The number of hydrogen-bond acceptors (Lipinski definition) is 3. The van der Waals surface area contributed by atoms with Crippen LogP contribution in [0.4, 0.5) is 0 Å². The quantitative estimate of drug-likeness (QED) is 0.676. The Kier molecular flexibility index (Phi) is 2.03. The molecule has 15 heavy (non-hydrogen) atoms. The van der Waals surface area contributed by atoms with Crippen LogP contribution in [0.3, 0.4) is 0 Å². The highest BCUT2D eigenvalue weighted by atomic mass is 16.2. The Morgan fingerprint density at radius 1 is 1.27 bits per heavy atom. The zero-order chi connectivity index (χ0) is 11.0. The predicted molar refractivity (Wildman–Crippen MR) is 54.6 cm³/mol. The van der Waals surface area contributed by atoms with Gasteiger partial charge >= 0.3 is 5.69 Å². The molecule has 0 radical (unpaired) electrons. The predicted octanol–water partition coefficient (Wildman–Crippen LogP) is -0.228. The Balaban J connectivity index is 2.63. The average molecular weight is 206 g/mol. The monoisotopic (exact) mass is 206 g/mol. The minimum atomic E-state index is -0.527. The van der Waals surface area contributed by atoms with Crippen LogP contribution in [0.2, 0.25) is 0 Å². The fraction of sp³-hybridized carbons (Fsp3) is 0.222. The van der Waals surface area contributed by atoms with Crippen molar-refractivity contribution in [2.24, 2.45) is 7.05 Å². The second-order valence-electron chi connectivity index (χ2n) is 3.30. The Bertz CT molecular complexity index is 557. The van der Waals surface area contributed by atoms with E-state index in [9.17, 15) is 9.59 Å². The van der Waals surface area contributed by atoms with Gasteiger partial charge in [0.25, 0.3) is 5.56 Å². The number of nitrogens with zero attached hydrogens (tertiary/aromatic N) is 2. The molecule has 0 aliphatic heterocycles. The maximum absolute atomic E-state index is 11.1. The number of hydrogen-bond donors (Lipinski definition) is 2. The molecule has 6 heteroatoms. The third-order valence-electron chi connectivity index (χ3n) is 2.15. The smallest absolute Gasteiger partial charge is 0.305 e. The molecule has 0 saturated carbocycles. The van der Waals surface area contributed by atoms with Gasteiger partial charge in [0.15, 0.2) is 0 Å². The van der Waals surface area contributed by atoms with Crippen molar-refractivity contribution < 1.29 is 0 Å². The van der Waals surface area contributed by atoms with Gasteiger partial charge in [-0.3, -0.25) is 14.5 Å². The summed E-state index contributed by atoms with van der Waals surface area (Å²) in [6.07, 6.45) is 0. The van der Waals surface area contributed by atoms with Crippen molar-refractivity contribution in [3.63, 3.8) is 0 Å². The Labute approximate surface area is 84.6 Å².